The Balaban J connectivity index is 1.37. The van der Waals surface area contributed by atoms with Crippen LogP contribution in [0.3, 0.4) is 0 Å². The van der Waals surface area contributed by atoms with Crippen molar-refractivity contribution in [3.63, 3.8) is 0 Å². The number of anilines is 1. The van der Waals surface area contributed by atoms with Gasteiger partial charge >= 0.3 is 0 Å². The molecule has 3 aliphatic heterocycles. The predicted octanol–water partition coefficient (Wildman–Crippen LogP) is 5.39. The van der Waals surface area contributed by atoms with Crippen molar-refractivity contribution in [2.45, 2.75) is 49.9 Å². The van der Waals surface area contributed by atoms with E-state index in [-0.39, 0.29) is 16.9 Å². The SMILES string of the molecule is Cc1ccc(COc2ccc([C@@H]3[C@@H]4CCCN4[C@@]4(C(=O)Nc5ccccc54)[C@@H]3[N+](=O)[O-])cc2Br)cc1. The molecule has 0 bridgehead atoms. The minimum absolute atomic E-state index is 0.0940. The van der Waals surface area contributed by atoms with E-state index in [2.05, 4.69) is 38.3 Å². The number of nitrogens with one attached hydrogen (secondary N) is 1. The average Bonchev–Trinajstić information content (AvgIpc) is 3.52. The van der Waals surface area contributed by atoms with Gasteiger partial charge in [0, 0.05) is 28.8 Å². The van der Waals surface area contributed by atoms with Crippen molar-refractivity contribution in [3.05, 3.63) is 104 Å². The van der Waals surface area contributed by atoms with Crippen molar-refractivity contribution >= 4 is 27.5 Å². The monoisotopic (exact) mass is 547 g/mol. The molecule has 0 aromatic heterocycles. The summed E-state index contributed by atoms with van der Waals surface area (Å²) in [7, 11) is 0. The number of halogens is 1. The van der Waals surface area contributed by atoms with Crippen LogP contribution in [0.4, 0.5) is 5.69 Å². The van der Waals surface area contributed by atoms with Gasteiger partial charge in [0.05, 0.1) is 10.4 Å². The molecule has 2 fully saturated rings. The number of benzene rings is 3. The van der Waals surface area contributed by atoms with E-state index in [0.29, 0.717) is 30.2 Å². The number of hydrogen-bond donors (Lipinski definition) is 1. The smallest absolute Gasteiger partial charge is 0.256 e. The summed E-state index contributed by atoms with van der Waals surface area (Å²) in [5.41, 5.74) is 3.18. The summed E-state index contributed by atoms with van der Waals surface area (Å²) >= 11 is 3.63. The molecule has 2 saturated heterocycles. The summed E-state index contributed by atoms with van der Waals surface area (Å²) in [5.74, 6) is -0.0457. The zero-order valence-electron chi connectivity index (χ0n) is 19.8. The molecule has 3 aromatic rings. The highest BCUT2D eigenvalue weighted by Crippen LogP contribution is 2.58. The minimum atomic E-state index is -1.31. The van der Waals surface area contributed by atoms with Gasteiger partial charge < -0.3 is 10.1 Å². The van der Waals surface area contributed by atoms with Crippen LogP contribution in [0.15, 0.2) is 71.2 Å². The number of carbonyl (C=O) groups excluding carboxylic acids is 1. The Bertz CT molecular complexity index is 1360. The van der Waals surface area contributed by atoms with Crippen LogP contribution in [0.2, 0.25) is 0 Å². The van der Waals surface area contributed by atoms with Crippen LogP contribution >= 0.6 is 15.9 Å². The molecule has 8 heteroatoms. The number of nitro groups is 1. The maximum absolute atomic E-state index is 13.6. The van der Waals surface area contributed by atoms with Crippen LogP contribution in [0.1, 0.15) is 41.0 Å². The number of hydrogen-bond acceptors (Lipinski definition) is 5. The van der Waals surface area contributed by atoms with E-state index >= 15 is 0 Å². The molecule has 1 spiro atoms. The minimum Gasteiger partial charge on any atom is -0.488 e. The normalized spacial score (nSPS) is 26.6. The molecule has 7 nitrogen and oxygen atoms in total. The molecule has 3 aliphatic rings. The summed E-state index contributed by atoms with van der Waals surface area (Å²) in [5, 5.41) is 15.7. The first-order chi connectivity index (χ1) is 17.4. The van der Waals surface area contributed by atoms with E-state index in [1.165, 1.54) is 5.56 Å². The predicted molar refractivity (Wildman–Crippen MR) is 140 cm³/mol. The zero-order valence-corrected chi connectivity index (χ0v) is 21.4. The fourth-order valence-corrected chi connectivity index (χ4v) is 6.97. The van der Waals surface area contributed by atoms with Crippen LogP contribution in [-0.2, 0) is 16.9 Å². The maximum Gasteiger partial charge on any atom is 0.256 e. The summed E-state index contributed by atoms with van der Waals surface area (Å²) in [6.07, 6.45) is 1.72. The molecule has 0 radical (unpaired) electrons. The molecular weight excluding hydrogens is 522 g/mol. The second kappa shape index (κ2) is 8.71. The van der Waals surface area contributed by atoms with Gasteiger partial charge in [0.25, 0.3) is 11.9 Å². The Morgan fingerprint density at radius 3 is 2.69 bits per heavy atom. The number of amides is 1. The van der Waals surface area contributed by atoms with Crippen molar-refractivity contribution in [2.24, 2.45) is 0 Å². The summed E-state index contributed by atoms with van der Waals surface area (Å²) in [6, 6.07) is 20.1. The van der Waals surface area contributed by atoms with Gasteiger partial charge in [-0.25, -0.2) is 0 Å². The first-order valence-corrected chi connectivity index (χ1v) is 13.0. The third-order valence-corrected chi connectivity index (χ3v) is 8.57. The van der Waals surface area contributed by atoms with Crippen LogP contribution < -0.4 is 10.1 Å². The molecule has 3 heterocycles. The Morgan fingerprint density at radius 2 is 1.94 bits per heavy atom. The first kappa shape index (κ1) is 23.2. The number of rotatable bonds is 5. The van der Waals surface area contributed by atoms with E-state index in [1.54, 1.807) is 0 Å². The van der Waals surface area contributed by atoms with Crippen LogP contribution in [0.5, 0.6) is 5.75 Å². The van der Waals surface area contributed by atoms with E-state index in [1.807, 2.05) is 61.5 Å². The van der Waals surface area contributed by atoms with Crippen molar-refractivity contribution in [1.29, 1.82) is 0 Å². The molecule has 1 amide bonds. The lowest BCUT2D eigenvalue weighted by atomic mass is 9.77. The van der Waals surface area contributed by atoms with Gasteiger partial charge in [-0.3, -0.25) is 19.8 Å². The highest BCUT2D eigenvalue weighted by Gasteiger charge is 2.73. The fraction of sp³-hybridized carbons (Fsp3) is 0.321. The molecule has 6 rings (SSSR count). The number of carbonyl (C=O) groups is 1. The van der Waals surface area contributed by atoms with E-state index in [9.17, 15) is 14.9 Å². The topological polar surface area (TPSA) is 84.7 Å². The largest absolute Gasteiger partial charge is 0.488 e. The maximum atomic E-state index is 13.6. The third-order valence-electron chi connectivity index (χ3n) is 7.95. The van der Waals surface area contributed by atoms with Gasteiger partial charge in [-0.2, -0.15) is 0 Å². The van der Waals surface area contributed by atoms with Gasteiger partial charge in [-0.1, -0.05) is 54.1 Å². The summed E-state index contributed by atoms with van der Waals surface area (Å²) in [4.78, 5) is 28.2. The lowest BCUT2D eigenvalue weighted by Crippen LogP contribution is -2.55. The van der Waals surface area contributed by atoms with Crippen LogP contribution in [-0.4, -0.2) is 34.4 Å². The third kappa shape index (κ3) is 3.38. The highest BCUT2D eigenvalue weighted by atomic mass is 79.9. The van der Waals surface area contributed by atoms with Crippen molar-refractivity contribution in [1.82, 2.24) is 4.90 Å². The Morgan fingerprint density at radius 1 is 1.17 bits per heavy atom. The standard InChI is InChI=1S/C28H26BrN3O4/c1-17-8-10-18(11-9-17)16-36-24-13-12-19(15-21(24)29)25-23-7-4-14-31(23)28(26(25)32(34)35)20-5-2-3-6-22(20)30-27(28)33/h2-3,5-6,8-13,15,23,25-26H,4,7,14,16H2,1H3,(H,30,33)/t23-,25+,26+,28+/m0/s1. The lowest BCUT2D eigenvalue weighted by molar-refractivity contribution is -0.534. The molecule has 1 N–H and O–H groups in total. The molecule has 36 heavy (non-hydrogen) atoms. The number of nitrogens with zero attached hydrogens (tertiary/aromatic N) is 2. The summed E-state index contributed by atoms with van der Waals surface area (Å²) < 4.78 is 6.79. The zero-order chi connectivity index (χ0) is 25.0. The van der Waals surface area contributed by atoms with Crippen LogP contribution in [0.25, 0.3) is 0 Å². The summed E-state index contributed by atoms with van der Waals surface area (Å²) in [6.45, 7) is 3.13. The second-order valence-electron chi connectivity index (χ2n) is 9.89. The second-order valence-corrected chi connectivity index (χ2v) is 10.7. The lowest BCUT2D eigenvalue weighted by Gasteiger charge is -2.32. The Labute approximate surface area is 217 Å². The molecule has 0 aliphatic carbocycles. The Hall–Kier alpha value is -3.23. The van der Waals surface area contributed by atoms with Crippen LogP contribution in [0, 0.1) is 17.0 Å². The van der Waals surface area contributed by atoms with Gasteiger partial charge in [0.15, 0.2) is 5.54 Å². The number of para-hydroxylation sites is 1. The molecular formula is C28H26BrN3O4. The molecule has 4 atom stereocenters. The highest BCUT2D eigenvalue weighted by molar-refractivity contribution is 9.10. The van der Waals surface area contributed by atoms with E-state index < -0.39 is 17.5 Å². The number of ether oxygens (including phenoxy) is 1. The number of fused-ring (bicyclic) bond motifs is 4. The van der Waals surface area contributed by atoms with Gasteiger partial charge in [-0.15, -0.1) is 0 Å². The van der Waals surface area contributed by atoms with Gasteiger partial charge in [-0.05, 0) is 65.0 Å². The molecule has 184 valence electrons. The van der Waals surface area contributed by atoms with Gasteiger partial charge in [0.1, 0.15) is 12.4 Å². The fourth-order valence-electron chi connectivity index (χ4n) is 6.46. The molecule has 0 saturated carbocycles. The van der Waals surface area contributed by atoms with Crippen molar-refractivity contribution in [3.8, 4) is 5.75 Å². The van der Waals surface area contributed by atoms with Crippen molar-refractivity contribution in [2.75, 3.05) is 11.9 Å². The first-order valence-electron chi connectivity index (χ1n) is 12.2. The van der Waals surface area contributed by atoms with Gasteiger partial charge in [0.2, 0.25) is 0 Å². The average molecular weight is 548 g/mol. The number of aryl methyl sites for hydroxylation is 1. The van der Waals surface area contributed by atoms with E-state index in [4.69, 9.17) is 4.74 Å². The van der Waals surface area contributed by atoms with Crippen molar-refractivity contribution < 1.29 is 14.5 Å². The van der Waals surface area contributed by atoms with E-state index in [0.717, 1.165) is 28.4 Å². The Kier molecular flexibility index (Phi) is 5.61. The molecule has 3 aromatic carbocycles. The molecule has 0 unspecified atom stereocenters. The quantitative estimate of drug-likeness (QED) is 0.342.